The molecule has 0 aliphatic carbocycles. The summed E-state index contributed by atoms with van der Waals surface area (Å²) in [7, 11) is 0. The largest absolute Gasteiger partial charge is 0.489 e. The van der Waals surface area contributed by atoms with Crippen LogP contribution in [-0.2, 0) is 19.1 Å². The number of ether oxygens (including phenoxy) is 2. The van der Waals surface area contributed by atoms with Gasteiger partial charge in [-0.1, -0.05) is 12.6 Å². The van der Waals surface area contributed by atoms with Crippen molar-refractivity contribution in [3.63, 3.8) is 0 Å². The average molecular weight is 347 g/mol. The van der Waals surface area contributed by atoms with Crippen LogP contribution >= 0.6 is 0 Å². The van der Waals surface area contributed by atoms with Gasteiger partial charge in [0.2, 0.25) is 5.91 Å². The van der Waals surface area contributed by atoms with Crippen molar-refractivity contribution in [2.75, 3.05) is 31.6 Å². The molecule has 8 heteroatoms. The van der Waals surface area contributed by atoms with Crippen LogP contribution in [0.3, 0.4) is 0 Å². The van der Waals surface area contributed by atoms with Crippen molar-refractivity contribution in [3.05, 3.63) is 36.4 Å². The van der Waals surface area contributed by atoms with Crippen LogP contribution in [0.15, 0.2) is 36.4 Å². The van der Waals surface area contributed by atoms with Crippen LogP contribution in [-0.4, -0.2) is 55.0 Å². The molecule has 3 N–H and O–H groups in total. The highest BCUT2D eigenvalue weighted by molar-refractivity contribution is 6.39. The lowest BCUT2D eigenvalue weighted by atomic mass is 10.2. The third-order valence-electron chi connectivity index (χ3n) is 3.44. The van der Waals surface area contributed by atoms with Crippen molar-refractivity contribution in [2.24, 2.45) is 5.73 Å². The Balaban J connectivity index is 1.96. The smallest absolute Gasteiger partial charge is 0.313 e. The van der Waals surface area contributed by atoms with E-state index in [4.69, 9.17) is 15.2 Å². The van der Waals surface area contributed by atoms with Crippen molar-refractivity contribution < 1.29 is 23.9 Å². The van der Waals surface area contributed by atoms with Gasteiger partial charge in [-0.05, 0) is 24.6 Å². The number of nitrogens with one attached hydrogen (secondary N) is 1. The number of primary amides is 1. The Labute approximate surface area is 145 Å². The minimum atomic E-state index is -0.899. The first-order valence-electron chi connectivity index (χ1n) is 7.75. The van der Waals surface area contributed by atoms with Crippen LogP contribution in [0.25, 0.3) is 0 Å². The van der Waals surface area contributed by atoms with Crippen molar-refractivity contribution >= 4 is 23.4 Å². The van der Waals surface area contributed by atoms with E-state index in [1.54, 1.807) is 24.3 Å². The molecular formula is C17H21N3O5. The number of carbonyl (C=O) groups excluding carboxylic acids is 3. The summed E-state index contributed by atoms with van der Waals surface area (Å²) < 4.78 is 10.6. The summed E-state index contributed by atoms with van der Waals surface area (Å²) in [6.45, 7) is 6.28. The minimum Gasteiger partial charge on any atom is -0.489 e. The monoisotopic (exact) mass is 347 g/mol. The molecule has 0 bridgehead atoms. The quantitative estimate of drug-likeness (QED) is 0.588. The van der Waals surface area contributed by atoms with Gasteiger partial charge in [-0.3, -0.25) is 14.4 Å². The molecule has 1 aliphatic heterocycles. The fraction of sp³-hybridized carbons (Fsp3) is 0.353. The van der Waals surface area contributed by atoms with Gasteiger partial charge in [-0.25, -0.2) is 0 Å². The maximum absolute atomic E-state index is 12.2. The molecule has 8 nitrogen and oxygen atoms in total. The van der Waals surface area contributed by atoms with E-state index in [9.17, 15) is 14.4 Å². The number of rotatable bonds is 5. The minimum absolute atomic E-state index is 0.0383. The Morgan fingerprint density at radius 3 is 2.88 bits per heavy atom. The third kappa shape index (κ3) is 5.32. The number of amides is 3. The SMILES string of the molecule is C=C(C)COc1cccc(NC(=O)C(=O)N2CCO[C@@H](C(N)=O)C2)c1. The zero-order chi connectivity index (χ0) is 18.4. The summed E-state index contributed by atoms with van der Waals surface area (Å²) in [6.07, 6.45) is -0.899. The Hall–Kier alpha value is -2.87. The standard InChI is InChI=1S/C17H21N3O5/c1-11(2)10-25-13-5-3-4-12(8-13)19-16(22)17(23)20-6-7-24-14(9-20)15(18)21/h3-5,8,14H,1,6-7,9-10H2,2H3,(H2,18,21)(H,19,22)/t14-/m1/s1. The van der Waals surface area contributed by atoms with Gasteiger partial charge in [0.25, 0.3) is 0 Å². The molecule has 2 rings (SSSR count). The summed E-state index contributed by atoms with van der Waals surface area (Å²) in [5.41, 5.74) is 6.46. The maximum Gasteiger partial charge on any atom is 0.313 e. The van der Waals surface area contributed by atoms with Crippen molar-refractivity contribution in [2.45, 2.75) is 13.0 Å². The summed E-state index contributed by atoms with van der Waals surface area (Å²) in [4.78, 5) is 36.8. The molecule has 1 fully saturated rings. The number of benzene rings is 1. The predicted octanol–water partition coefficient (Wildman–Crippen LogP) is 0.293. The van der Waals surface area contributed by atoms with Gasteiger partial charge < -0.3 is 25.4 Å². The molecular weight excluding hydrogens is 326 g/mol. The van der Waals surface area contributed by atoms with E-state index in [1.807, 2.05) is 6.92 Å². The number of carbonyl (C=O) groups is 3. The first kappa shape index (κ1) is 18.5. The normalized spacial score (nSPS) is 16.8. The highest BCUT2D eigenvalue weighted by atomic mass is 16.5. The van der Waals surface area contributed by atoms with Crippen molar-refractivity contribution in [1.82, 2.24) is 4.90 Å². The van der Waals surface area contributed by atoms with Crippen LogP contribution in [0, 0.1) is 0 Å². The van der Waals surface area contributed by atoms with Crippen molar-refractivity contribution in [1.29, 1.82) is 0 Å². The highest BCUT2D eigenvalue weighted by Crippen LogP contribution is 2.18. The fourth-order valence-corrected chi connectivity index (χ4v) is 2.20. The number of nitrogens with two attached hydrogens (primary N) is 1. The summed E-state index contributed by atoms with van der Waals surface area (Å²) in [5, 5.41) is 2.52. The van der Waals surface area contributed by atoms with Gasteiger partial charge in [-0.2, -0.15) is 0 Å². The Bertz CT molecular complexity index is 689. The number of hydrogen-bond acceptors (Lipinski definition) is 5. The number of morpholine rings is 1. The van der Waals surface area contributed by atoms with E-state index < -0.39 is 23.8 Å². The second-order valence-electron chi connectivity index (χ2n) is 5.74. The van der Waals surface area contributed by atoms with Crippen LogP contribution < -0.4 is 15.8 Å². The van der Waals surface area contributed by atoms with E-state index in [0.717, 1.165) is 5.57 Å². The molecule has 25 heavy (non-hydrogen) atoms. The molecule has 134 valence electrons. The van der Waals surface area contributed by atoms with Crippen LogP contribution in [0.5, 0.6) is 5.75 Å². The van der Waals surface area contributed by atoms with Gasteiger partial charge in [0.15, 0.2) is 6.10 Å². The fourth-order valence-electron chi connectivity index (χ4n) is 2.20. The second kappa shape index (κ2) is 8.29. The topological polar surface area (TPSA) is 111 Å². The summed E-state index contributed by atoms with van der Waals surface area (Å²) in [5.74, 6) is -1.67. The first-order chi connectivity index (χ1) is 11.9. The van der Waals surface area contributed by atoms with E-state index in [2.05, 4.69) is 11.9 Å². The molecule has 1 aromatic carbocycles. The molecule has 1 saturated heterocycles. The second-order valence-corrected chi connectivity index (χ2v) is 5.74. The molecule has 0 saturated carbocycles. The van der Waals surface area contributed by atoms with E-state index in [1.165, 1.54) is 4.90 Å². The van der Waals surface area contributed by atoms with Crippen LogP contribution in [0.4, 0.5) is 5.69 Å². The Morgan fingerprint density at radius 1 is 1.44 bits per heavy atom. The van der Waals surface area contributed by atoms with Gasteiger partial charge in [0, 0.05) is 18.3 Å². The van der Waals surface area contributed by atoms with Gasteiger partial charge >= 0.3 is 11.8 Å². The van der Waals surface area contributed by atoms with Gasteiger partial charge in [0.05, 0.1) is 13.2 Å². The Kier molecular flexibility index (Phi) is 6.13. The highest BCUT2D eigenvalue weighted by Gasteiger charge is 2.30. The molecule has 1 atom stereocenters. The zero-order valence-corrected chi connectivity index (χ0v) is 14.0. The molecule has 1 heterocycles. The predicted molar refractivity (Wildman–Crippen MR) is 90.9 cm³/mol. The lowest BCUT2D eigenvalue weighted by Gasteiger charge is -2.30. The molecule has 0 aromatic heterocycles. The molecule has 1 aliphatic rings. The third-order valence-corrected chi connectivity index (χ3v) is 3.44. The van der Waals surface area contributed by atoms with Gasteiger partial charge in [-0.15, -0.1) is 0 Å². The molecule has 1 aromatic rings. The molecule has 0 spiro atoms. The van der Waals surface area contributed by atoms with Crippen molar-refractivity contribution in [3.8, 4) is 5.75 Å². The number of anilines is 1. The lowest BCUT2D eigenvalue weighted by molar-refractivity contribution is -0.151. The van der Waals surface area contributed by atoms with Gasteiger partial charge in [0.1, 0.15) is 12.4 Å². The van der Waals surface area contributed by atoms with E-state index >= 15 is 0 Å². The summed E-state index contributed by atoms with van der Waals surface area (Å²) >= 11 is 0. The van der Waals surface area contributed by atoms with Crippen LogP contribution in [0.2, 0.25) is 0 Å². The van der Waals surface area contributed by atoms with E-state index in [-0.39, 0.29) is 19.7 Å². The molecule has 0 radical (unpaired) electrons. The average Bonchev–Trinajstić information content (AvgIpc) is 2.59. The first-order valence-corrected chi connectivity index (χ1v) is 7.75. The molecule has 3 amide bonds. The maximum atomic E-state index is 12.2. The zero-order valence-electron chi connectivity index (χ0n) is 14.0. The number of nitrogens with zero attached hydrogens (tertiary/aromatic N) is 1. The molecule has 0 unspecified atom stereocenters. The summed E-state index contributed by atoms with van der Waals surface area (Å²) in [6, 6.07) is 6.69. The Morgan fingerprint density at radius 2 is 2.20 bits per heavy atom. The lowest BCUT2D eigenvalue weighted by Crippen LogP contribution is -2.52. The number of hydrogen-bond donors (Lipinski definition) is 2. The van der Waals surface area contributed by atoms with Crippen LogP contribution in [0.1, 0.15) is 6.92 Å². The van der Waals surface area contributed by atoms with E-state index in [0.29, 0.717) is 18.0 Å².